The molecular weight excluding hydrogens is 250 g/mol. The van der Waals surface area contributed by atoms with Gasteiger partial charge in [0.25, 0.3) is 5.91 Å². The number of rotatable bonds is 3. The number of carbonyl (C=O) groups is 1. The van der Waals surface area contributed by atoms with Crippen LogP contribution in [0.5, 0.6) is 0 Å². The molecule has 2 rings (SSSR count). The van der Waals surface area contributed by atoms with Crippen LogP contribution in [0.15, 0.2) is 36.4 Å². The Labute approximate surface area is 119 Å². The molecule has 104 valence electrons. The van der Waals surface area contributed by atoms with E-state index in [1.807, 2.05) is 45.0 Å². The Morgan fingerprint density at radius 1 is 0.950 bits per heavy atom. The molecule has 20 heavy (non-hydrogen) atoms. The van der Waals surface area contributed by atoms with Crippen LogP contribution in [0.25, 0.3) is 0 Å². The van der Waals surface area contributed by atoms with E-state index < -0.39 is 0 Å². The molecule has 0 aromatic heterocycles. The number of benzene rings is 2. The van der Waals surface area contributed by atoms with Crippen LogP contribution in [0.3, 0.4) is 0 Å². The summed E-state index contributed by atoms with van der Waals surface area (Å²) in [7, 11) is 0. The first-order valence-electron chi connectivity index (χ1n) is 6.47. The Kier molecular flexibility index (Phi) is 4.05. The number of anilines is 2. The molecule has 0 unspecified atom stereocenters. The van der Waals surface area contributed by atoms with Crippen molar-refractivity contribution in [3.8, 4) is 0 Å². The van der Waals surface area contributed by atoms with Crippen molar-refractivity contribution in [1.29, 1.82) is 0 Å². The van der Waals surface area contributed by atoms with Gasteiger partial charge in [-0.25, -0.2) is 0 Å². The van der Waals surface area contributed by atoms with Crippen molar-refractivity contribution in [3.05, 3.63) is 58.7 Å². The topological polar surface area (TPSA) is 67.2 Å². The van der Waals surface area contributed by atoms with Crippen LogP contribution in [0, 0.1) is 20.8 Å². The molecule has 4 heteroatoms. The summed E-state index contributed by atoms with van der Waals surface area (Å²) in [6.07, 6.45) is 0. The van der Waals surface area contributed by atoms with Crippen LogP contribution in [-0.2, 0) is 0 Å². The van der Waals surface area contributed by atoms with Gasteiger partial charge in [0, 0.05) is 11.3 Å². The van der Waals surface area contributed by atoms with E-state index >= 15 is 0 Å². The van der Waals surface area contributed by atoms with Crippen LogP contribution in [0.4, 0.5) is 11.4 Å². The fourth-order valence-corrected chi connectivity index (χ4v) is 2.03. The molecule has 0 fully saturated rings. The summed E-state index contributed by atoms with van der Waals surface area (Å²) < 4.78 is 0. The second-order valence-corrected chi connectivity index (χ2v) is 4.95. The molecule has 0 aliphatic heterocycles. The van der Waals surface area contributed by atoms with Gasteiger partial charge in [0.2, 0.25) is 0 Å². The van der Waals surface area contributed by atoms with Crippen molar-refractivity contribution in [1.82, 2.24) is 0 Å². The highest BCUT2D eigenvalue weighted by Gasteiger charge is 2.09. The lowest BCUT2D eigenvalue weighted by molar-refractivity contribution is 0.102. The summed E-state index contributed by atoms with van der Waals surface area (Å²) in [5.41, 5.74) is 7.95. The monoisotopic (exact) mass is 269 g/mol. The molecule has 0 atom stereocenters. The van der Waals surface area contributed by atoms with Crippen LogP contribution in [0.1, 0.15) is 27.0 Å². The Morgan fingerprint density at radius 2 is 1.70 bits per heavy atom. The van der Waals surface area contributed by atoms with Crippen molar-refractivity contribution < 1.29 is 4.79 Å². The predicted octanol–water partition coefficient (Wildman–Crippen LogP) is 3.15. The van der Waals surface area contributed by atoms with E-state index in [0.29, 0.717) is 5.56 Å². The minimum Gasteiger partial charge on any atom is -0.324 e. The zero-order chi connectivity index (χ0) is 14.7. The van der Waals surface area contributed by atoms with Gasteiger partial charge < -0.3 is 10.7 Å². The number of nitrogen functional groups attached to an aromatic ring is 1. The van der Waals surface area contributed by atoms with Gasteiger partial charge in [-0.3, -0.25) is 10.6 Å². The van der Waals surface area contributed by atoms with E-state index in [1.165, 1.54) is 0 Å². The van der Waals surface area contributed by atoms with E-state index in [0.717, 1.165) is 28.1 Å². The Bertz CT molecular complexity index is 650. The van der Waals surface area contributed by atoms with E-state index in [2.05, 4.69) is 10.7 Å². The highest BCUT2D eigenvalue weighted by Crippen LogP contribution is 2.19. The largest absolute Gasteiger partial charge is 0.324 e. The number of hydrogen-bond donors (Lipinski definition) is 3. The van der Waals surface area contributed by atoms with E-state index in [1.54, 1.807) is 12.1 Å². The maximum Gasteiger partial charge on any atom is 0.255 e. The van der Waals surface area contributed by atoms with Gasteiger partial charge in [0.1, 0.15) is 0 Å². The molecule has 4 N–H and O–H groups in total. The molecule has 2 aromatic rings. The van der Waals surface area contributed by atoms with Crippen molar-refractivity contribution >= 4 is 17.3 Å². The smallest absolute Gasteiger partial charge is 0.255 e. The second kappa shape index (κ2) is 5.75. The number of carbonyl (C=O) groups excluding carboxylic acids is 1. The lowest BCUT2D eigenvalue weighted by atomic mass is 10.1. The Morgan fingerprint density at radius 3 is 2.35 bits per heavy atom. The minimum absolute atomic E-state index is 0.120. The average Bonchev–Trinajstić information content (AvgIpc) is 2.42. The van der Waals surface area contributed by atoms with Gasteiger partial charge in [0.15, 0.2) is 0 Å². The van der Waals surface area contributed by atoms with Crippen LogP contribution < -0.4 is 16.6 Å². The lowest BCUT2D eigenvalue weighted by Gasteiger charge is -2.11. The van der Waals surface area contributed by atoms with E-state index in [-0.39, 0.29) is 5.91 Å². The quantitative estimate of drug-likeness (QED) is 0.592. The van der Waals surface area contributed by atoms with Gasteiger partial charge in [-0.15, -0.1) is 0 Å². The number of hydrazine groups is 1. The highest BCUT2D eigenvalue weighted by atomic mass is 16.1. The van der Waals surface area contributed by atoms with Gasteiger partial charge in [-0.2, -0.15) is 0 Å². The fourth-order valence-electron chi connectivity index (χ4n) is 2.03. The molecule has 0 bridgehead atoms. The molecule has 0 saturated heterocycles. The predicted molar refractivity (Wildman–Crippen MR) is 82.9 cm³/mol. The molecule has 1 amide bonds. The maximum absolute atomic E-state index is 12.3. The van der Waals surface area contributed by atoms with Gasteiger partial charge in [-0.05, 0) is 61.7 Å². The zero-order valence-electron chi connectivity index (χ0n) is 11.9. The average molecular weight is 269 g/mol. The fraction of sp³-hybridized carbons (Fsp3) is 0.188. The summed E-state index contributed by atoms with van der Waals surface area (Å²) >= 11 is 0. The normalized spacial score (nSPS) is 10.2. The number of nitrogens with one attached hydrogen (secondary N) is 2. The van der Waals surface area contributed by atoms with Crippen molar-refractivity contribution in [2.75, 3.05) is 10.7 Å². The third-order valence-electron chi connectivity index (χ3n) is 3.29. The summed E-state index contributed by atoms with van der Waals surface area (Å²) in [6.45, 7) is 5.88. The first kappa shape index (κ1) is 14.1. The Hall–Kier alpha value is -2.33. The zero-order valence-corrected chi connectivity index (χ0v) is 11.9. The summed E-state index contributed by atoms with van der Waals surface area (Å²) in [6, 6.07) is 11.4. The van der Waals surface area contributed by atoms with Crippen molar-refractivity contribution in [2.45, 2.75) is 20.8 Å². The molecular formula is C16H19N3O. The highest BCUT2D eigenvalue weighted by molar-refractivity contribution is 6.05. The van der Waals surface area contributed by atoms with Crippen LogP contribution >= 0.6 is 0 Å². The van der Waals surface area contributed by atoms with E-state index in [4.69, 9.17) is 5.84 Å². The van der Waals surface area contributed by atoms with Crippen molar-refractivity contribution in [3.63, 3.8) is 0 Å². The summed E-state index contributed by atoms with van der Waals surface area (Å²) in [5.74, 6) is 5.27. The van der Waals surface area contributed by atoms with Crippen LogP contribution in [0.2, 0.25) is 0 Å². The number of hydrogen-bond acceptors (Lipinski definition) is 3. The van der Waals surface area contributed by atoms with Gasteiger partial charge >= 0.3 is 0 Å². The lowest BCUT2D eigenvalue weighted by Crippen LogP contribution is -2.14. The molecule has 0 saturated carbocycles. The van der Waals surface area contributed by atoms with Gasteiger partial charge in [-0.1, -0.05) is 12.1 Å². The first-order valence-corrected chi connectivity index (χ1v) is 6.47. The standard InChI is InChI=1S/C16H19N3O/c1-10-4-5-11(2)15(8-10)18-16(20)13-6-7-14(19-17)12(3)9-13/h4-9,19H,17H2,1-3H3,(H,18,20). The minimum atomic E-state index is -0.120. The maximum atomic E-state index is 12.3. The Balaban J connectivity index is 2.24. The molecule has 0 radical (unpaired) electrons. The molecule has 0 aliphatic carbocycles. The van der Waals surface area contributed by atoms with Crippen LogP contribution in [-0.4, -0.2) is 5.91 Å². The molecule has 0 spiro atoms. The first-order chi connectivity index (χ1) is 9.51. The van der Waals surface area contributed by atoms with Gasteiger partial charge in [0.05, 0.1) is 5.69 Å². The third kappa shape index (κ3) is 2.97. The molecule has 2 aromatic carbocycles. The third-order valence-corrected chi connectivity index (χ3v) is 3.29. The van der Waals surface area contributed by atoms with Crippen molar-refractivity contribution in [2.24, 2.45) is 5.84 Å². The number of aryl methyl sites for hydroxylation is 3. The molecule has 0 aliphatic rings. The number of nitrogens with two attached hydrogens (primary N) is 1. The number of amides is 1. The van der Waals surface area contributed by atoms with E-state index in [9.17, 15) is 4.79 Å². The molecule has 0 heterocycles. The summed E-state index contributed by atoms with van der Waals surface area (Å²) in [5, 5.41) is 2.94. The second-order valence-electron chi connectivity index (χ2n) is 4.95. The SMILES string of the molecule is Cc1ccc(C)c(NC(=O)c2ccc(NN)c(C)c2)c1. The summed E-state index contributed by atoms with van der Waals surface area (Å²) in [4.78, 5) is 12.3. The molecule has 4 nitrogen and oxygen atoms in total.